The maximum absolute atomic E-state index is 10.5. The van der Waals surface area contributed by atoms with Crippen molar-refractivity contribution in [3.05, 3.63) is 16.3 Å². The summed E-state index contributed by atoms with van der Waals surface area (Å²) in [6.45, 7) is 4.45. The average Bonchev–Trinajstić information content (AvgIpc) is 2.66. The Kier molecular flexibility index (Phi) is 4.55. The van der Waals surface area contributed by atoms with Crippen LogP contribution in [0.3, 0.4) is 0 Å². The third-order valence-corrected chi connectivity index (χ3v) is 1.85. The van der Waals surface area contributed by atoms with Crippen LogP contribution in [0.25, 0.3) is 0 Å². The van der Waals surface area contributed by atoms with Gasteiger partial charge in [-0.1, -0.05) is 12.0 Å². The SMILES string of the molecule is CCCNCCNc1cn[nH]c1[N+](=O)[O-]. The van der Waals surface area contributed by atoms with Gasteiger partial charge in [-0.3, -0.25) is 0 Å². The minimum absolute atomic E-state index is 0.0921. The molecule has 84 valence electrons. The number of hydrogen-bond acceptors (Lipinski definition) is 5. The number of rotatable bonds is 7. The normalized spacial score (nSPS) is 10.2. The first kappa shape index (κ1) is 11.4. The predicted octanol–water partition coefficient (Wildman–Crippen LogP) is 0.729. The molecule has 0 amide bonds. The molecule has 7 nitrogen and oxygen atoms in total. The number of nitro groups is 1. The Labute approximate surface area is 87.4 Å². The van der Waals surface area contributed by atoms with Crippen LogP contribution >= 0.6 is 0 Å². The van der Waals surface area contributed by atoms with Crippen molar-refractivity contribution in [2.75, 3.05) is 25.0 Å². The van der Waals surface area contributed by atoms with E-state index >= 15 is 0 Å². The van der Waals surface area contributed by atoms with Crippen LogP contribution in [0.1, 0.15) is 13.3 Å². The van der Waals surface area contributed by atoms with E-state index < -0.39 is 4.92 Å². The molecule has 0 spiro atoms. The fraction of sp³-hybridized carbons (Fsp3) is 0.625. The third kappa shape index (κ3) is 3.55. The van der Waals surface area contributed by atoms with Gasteiger partial charge in [0.05, 0.1) is 0 Å². The number of aromatic amines is 1. The maximum atomic E-state index is 10.5. The van der Waals surface area contributed by atoms with Crippen LogP contribution in [0.2, 0.25) is 0 Å². The summed E-state index contributed by atoms with van der Waals surface area (Å²) in [5, 5.41) is 22.5. The van der Waals surface area contributed by atoms with Gasteiger partial charge in [0.25, 0.3) is 0 Å². The number of nitrogens with zero attached hydrogens (tertiary/aromatic N) is 2. The molecular weight excluding hydrogens is 198 g/mol. The highest BCUT2D eigenvalue weighted by Crippen LogP contribution is 2.18. The van der Waals surface area contributed by atoms with Crippen LogP contribution in [0.5, 0.6) is 0 Å². The largest absolute Gasteiger partial charge is 0.376 e. The minimum atomic E-state index is -0.491. The molecule has 1 aromatic rings. The van der Waals surface area contributed by atoms with E-state index in [0.29, 0.717) is 12.2 Å². The summed E-state index contributed by atoms with van der Waals surface area (Å²) in [5.74, 6) is -0.0921. The van der Waals surface area contributed by atoms with Gasteiger partial charge in [0.2, 0.25) is 0 Å². The summed E-state index contributed by atoms with van der Waals surface area (Å²) in [5.41, 5.74) is 0.429. The lowest BCUT2D eigenvalue weighted by molar-refractivity contribution is -0.388. The van der Waals surface area contributed by atoms with E-state index in [4.69, 9.17) is 0 Å². The van der Waals surface area contributed by atoms with Crippen LogP contribution in [0.4, 0.5) is 11.5 Å². The lowest BCUT2D eigenvalue weighted by atomic mass is 10.4. The summed E-state index contributed by atoms with van der Waals surface area (Å²) in [7, 11) is 0. The summed E-state index contributed by atoms with van der Waals surface area (Å²) in [6.07, 6.45) is 2.49. The van der Waals surface area contributed by atoms with Crippen LogP contribution in [0, 0.1) is 10.1 Å². The molecule has 0 aliphatic carbocycles. The second kappa shape index (κ2) is 5.97. The van der Waals surface area contributed by atoms with Crippen molar-refractivity contribution >= 4 is 11.5 Å². The van der Waals surface area contributed by atoms with Gasteiger partial charge in [-0.05, 0) is 17.9 Å². The second-order valence-corrected chi connectivity index (χ2v) is 3.07. The molecule has 0 unspecified atom stereocenters. The number of hydrogen-bond donors (Lipinski definition) is 3. The molecule has 7 heteroatoms. The molecule has 0 atom stereocenters. The van der Waals surface area contributed by atoms with Crippen LogP contribution in [-0.4, -0.2) is 34.8 Å². The lowest BCUT2D eigenvalue weighted by Gasteiger charge is -2.04. The lowest BCUT2D eigenvalue weighted by Crippen LogP contribution is -2.22. The van der Waals surface area contributed by atoms with Gasteiger partial charge in [0, 0.05) is 13.1 Å². The molecule has 0 aliphatic rings. The molecule has 0 aromatic carbocycles. The summed E-state index contributed by atoms with van der Waals surface area (Å²) >= 11 is 0. The van der Waals surface area contributed by atoms with Crippen molar-refractivity contribution in [1.82, 2.24) is 15.5 Å². The first-order valence-corrected chi connectivity index (χ1v) is 4.88. The molecule has 15 heavy (non-hydrogen) atoms. The standard InChI is InChI=1S/C8H15N5O2/c1-2-3-9-4-5-10-7-6-11-12-8(7)13(14)15/h6,9-10H,2-5H2,1H3,(H,11,12). The van der Waals surface area contributed by atoms with Crippen molar-refractivity contribution < 1.29 is 4.92 Å². The van der Waals surface area contributed by atoms with E-state index in [1.807, 2.05) is 0 Å². The van der Waals surface area contributed by atoms with E-state index in [1.165, 1.54) is 6.20 Å². The predicted molar refractivity (Wildman–Crippen MR) is 56.9 cm³/mol. The zero-order valence-electron chi connectivity index (χ0n) is 8.62. The quantitative estimate of drug-likeness (QED) is 0.352. The molecular formula is C8H15N5O2. The third-order valence-electron chi connectivity index (χ3n) is 1.85. The minimum Gasteiger partial charge on any atom is -0.376 e. The fourth-order valence-corrected chi connectivity index (χ4v) is 1.14. The van der Waals surface area contributed by atoms with Gasteiger partial charge < -0.3 is 20.7 Å². The zero-order chi connectivity index (χ0) is 11.1. The molecule has 0 radical (unpaired) electrons. The molecule has 1 rings (SSSR count). The smallest absolute Gasteiger partial charge is 0.366 e. The number of anilines is 1. The Morgan fingerprint density at radius 2 is 2.33 bits per heavy atom. The molecule has 1 heterocycles. The van der Waals surface area contributed by atoms with Crippen LogP contribution in [0.15, 0.2) is 6.20 Å². The van der Waals surface area contributed by atoms with Crippen LogP contribution in [-0.2, 0) is 0 Å². The van der Waals surface area contributed by atoms with E-state index in [2.05, 4.69) is 27.8 Å². The van der Waals surface area contributed by atoms with Gasteiger partial charge in [-0.2, -0.15) is 0 Å². The van der Waals surface area contributed by atoms with Crippen molar-refractivity contribution in [2.24, 2.45) is 0 Å². The van der Waals surface area contributed by atoms with Crippen molar-refractivity contribution in [3.8, 4) is 0 Å². The van der Waals surface area contributed by atoms with E-state index in [0.717, 1.165) is 19.5 Å². The Bertz CT molecular complexity index is 312. The zero-order valence-corrected chi connectivity index (χ0v) is 8.62. The highest BCUT2D eigenvalue weighted by molar-refractivity contribution is 5.55. The van der Waals surface area contributed by atoms with Gasteiger partial charge in [-0.15, -0.1) is 5.10 Å². The summed E-state index contributed by atoms with van der Waals surface area (Å²) in [4.78, 5) is 10.0. The molecule has 0 aliphatic heterocycles. The van der Waals surface area contributed by atoms with Crippen molar-refractivity contribution in [2.45, 2.75) is 13.3 Å². The maximum Gasteiger partial charge on any atom is 0.366 e. The summed E-state index contributed by atoms with van der Waals surface area (Å²) in [6, 6.07) is 0. The Hall–Kier alpha value is -1.63. The van der Waals surface area contributed by atoms with Gasteiger partial charge >= 0.3 is 5.82 Å². The summed E-state index contributed by atoms with van der Waals surface area (Å²) < 4.78 is 0. The molecule has 0 saturated heterocycles. The van der Waals surface area contributed by atoms with E-state index in [-0.39, 0.29) is 5.82 Å². The number of H-pyrrole nitrogens is 1. The first-order chi connectivity index (χ1) is 7.25. The number of nitrogens with one attached hydrogen (secondary N) is 3. The highest BCUT2D eigenvalue weighted by atomic mass is 16.6. The van der Waals surface area contributed by atoms with E-state index in [1.54, 1.807) is 0 Å². The second-order valence-electron chi connectivity index (χ2n) is 3.07. The van der Waals surface area contributed by atoms with Crippen molar-refractivity contribution in [3.63, 3.8) is 0 Å². The molecule has 0 saturated carbocycles. The Balaban J connectivity index is 2.31. The molecule has 1 aromatic heterocycles. The molecule has 3 N–H and O–H groups in total. The van der Waals surface area contributed by atoms with E-state index in [9.17, 15) is 10.1 Å². The molecule has 0 bridgehead atoms. The Morgan fingerprint density at radius 3 is 3.00 bits per heavy atom. The topological polar surface area (TPSA) is 95.9 Å². The van der Waals surface area contributed by atoms with Gasteiger partial charge in [0.1, 0.15) is 6.20 Å². The first-order valence-electron chi connectivity index (χ1n) is 4.88. The fourth-order valence-electron chi connectivity index (χ4n) is 1.14. The van der Waals surface area contributed by atoms with Crippen molar-refractivity contribution in [1.29, 1.82) is 0 Å². The van der Waals surface area contributed by atoms with Crippen LogP contribution < -0.4 is 10.6 Å². The van der Waals surface area contributed by atoms with Gasteiger partial charge in [-0.25, -0.2) is 0 Å². The Morgan fingerprint density at radius 1 is 1.53 bits per heavy atom. The van der Waals surface area contributed by atoms with Gasteiger partial charge in [0.15, 0.2) is 5.69 Å². The molecule has 0 fully saturated rings. The average molecular weight is 213 g/mol. The highest BCUT2D eigenvalue weighted by Gasteiger charge is 2.13. The number of aromatic nitrogens is 2. The monoisotopic (exact) mass is 213 g/mol.